The van der Waals surface area contributed by atoms with Crippen molar-refractivity contribution >= 4 is 11.6 Å². The number of halogens is 2. The van der Waals surface area contributed by atoms with Crippen molar-refractivity contribution in [2.24, 2.45) is 5.92 Å². The summed E-state index contributed by atoms with van der Waals surface area (Å²) in [5, 5.41) is 3.62. The molecule has 1 aromatic carbocycles. The molecule has 2 bridgehead atoms. The third kappa shape index (κ3) is 2.85. The molecule has 0 aliphatic carbocycles. The van der Waals surface area contributed by atoms with Crippen LogP contribution in [0.5, 0.6) is 0 Å². The minimum Gasteiger partial charge on any atom is -0.312 e. The minimum atomic E-state index is -0.287. The zero-order valence-corrected chi connectivity index (χ0v) is 12.7. The van der Waals surface area contributed by atoms with Crippen LogP contribution in [0.1, 0.15) is 31.2 Å². The monoisotopic (exact) mass is 296 g/mol. The van der Waals surface area contributed by atoms with Crippen molar-refractivity contribution in [3.05, 3.63) is 34.6 Å². The molecular weight excluding hydrogens is 275 g/mol. The second-order valence-electron chi connectivity index (χ2n) is 6.23. The molecule has 2 aliphatic rings. The Morgan fingerprint density at radius 2 is 2.00 bits per heavy atom. The Balaban J connectivity index is 1.50. The van der Waals surface area contributed by atoms with Crippen LogP contribution in [-0.4, -0.2) is 30.6 Å². The van der Waals surface area contributed by atoms with E-state index in [9.17, 15) is 4.39 Å². The van der Waals surface area contributed by atoms with Gasteiger partial charge in [-0.1, -0.05) is 23.7 Å². The van der Waals surface area contributed by atoms with Crippen molar-refractivity contribution in [2.45, 2.75) is 44.3 Å². The van der Waals surface area contributed by atoms with Gasteiger partial charge in [-0.3, -0.25) is 0 Å². The maximum absolute atomic E-state index is 13.8. The van der Waals surface area contributed by atoms with E-state index in [4.69, 9.17) is 11.6 Å². The van der Waals surface area contributed by atoms with E-state index in [2.05, 4.69) is 17.3 Å². The first-order valence-corrected chi connectivity index (χ1v) is 7.88. The summed E-state index contributed by atoms with van der Waals surface area (Å²) in [7, 11) is 2.26. The van der Waals surface area contributed by atoms with Crippen LogP contribution in [0.25, 0.3) is 0 Å². The average molecular weight is 297 g/mol. The summed E-state index contributed by atoms with van der Waals surface area (Å²) in [5.74, 6) is 0.441. The minimum absolute atomic E-state index is 0.210. The zero-order chi connectivity index (χ0) is 14.1. The van der Waals surface area contributed by atoms with E-state index >= 15 is 0 Å². The van der Waals surface area contributed by atoms with Gasteiger partial charge in [0.25, 0.3) is 0 Å². The molecule has 110 valence electrons. The Morgan fingerprint density at radius 1 is 1.30 bits per heavy atom. The van der Waals surface area contributed by atoms with Crippen LogP contribution in [0.3, 0.4) is 0 Å². The summed E-state index contributed by atoms with van der Waals surface area (Å²) in [5.41, 5.74) is 0.661. The lowest BCUT2D eigenvalue weighted by Crippen LogP contribution is -2.42. The van der Waals surface area contributed by atoms with E-state index in [1.807, 2.05) is 0 Å². The molecular formula is C16H22ClFN2. The van der Waals surface area contributed by atoms with Crippen molar-refractivity contribution < 1.29 is 4.39 Å². The van der Waals surface area contributed by atoms with Crippen molar-refractivity contribution in [1.82, 2.24) is 10.2 Å². The molecule has 4 heteroatoms. The van der Waals surface area contributed by atoms with E-state index in [0.717, 1.165) is 24.5 Å². The number of hydrogen-bond donors (Lipinski definition) is 1. The number of nitrogens with zero attached hydrogens (tertiary/aromatic N) is 1. The quantitative estimate of drug-likeness (QED) is 0.915. The average Bonchev–Trinajstić information content (AvgIpc) is 2.65. The Kier molecular flexibility index (Phi) is 4.29. The fraction of sp³-hybridized carbons (Fsp3) is 0.625. The van der Waals surface area contributed by atoms with Crippen LogP contribution >= 0.6 is 11.6 Å². The molecule has 1 aromatic rings. The van der Waals surface area contributed by atoms with Crippen LogP contribution in [-0.2, 0) is 6.54 Å². The van der Waals surface area contributed by atoms with Gasteiger partial charge >= 0.3 is 0 Å². The molecule has 2 unspecified atom stereocenters. The summed E-state index contributed by atoms with van der Waals surface area (Å²) in [6.45, 7) is 1.54. The molecule has 2 aliphatic heterocycles. The van der Waals surface area contributed by atoms with Crippen molar-refractivity contribution in [2.75, 3.05) is 13.6 Å². The fourth-order valence-corrected chi connectivity index (χ4v) is 3.98. The topological polar surface area (TPSA) is 15.3 Å². The van der Waals surface area contributed by atoms with Crippen LogP contribution < -0.4 is 5.32 Å². The highest BCUT2D eigenvalue weighted by molar-refractivity contribution is 6.30. The molecule has 2 fully saturated rings. The van der Waals surface area contributed by atoms with Gasteiger partial charge in [0.2, 0.25) is 0 Å². The molecule has 2 nitrogen and oxygen atoms in total. The summed E-state index contributed by atoms with van der Waals surface area (Å²) < 4.78 is 13.8. The normalized spacial score (nSPS) is 29.9. The van der Waals surface area contributed by atoms with Gasteiger partial charge in [-0.2, -0.15) is 0 Å². The number of nitrogens with one attached hydrogen (secondary N) is 1. The Hall–Kier alpha value is -0.640. The SMILES string of the molecule is CN1C2CCC1CC(CNCc1cccc(Cl)c1F)C2. The highest BCUT2D eigenvalue weighted by Crippen LogP contribution is 2.37. The fourth-order valence-electron chi connectivity index (χ4n) is 3.79. The maximum atomic E-state index is 13.8. The zero-order valence-electron chi connectivity index (χ0n) is 11.9. The van der Waals surface area contributed by atoms with Gasteiger partial charge in [-0.15, -0.1) is 0 Å². The van der Waals surface area contributed by atoms with E-state index in [-0.39, 0.29) is 10.8 Å². The molecule has 0 saturated carbocycles. The lowest BCUT2D eigenvalue weighted by Gasteiger charge is -2.36. The summed E-state index contributed by atoms with van der Waals surface area (Å²) in [6, 6.07) is 6.73. The van der Waals surface area contributed by atoms with Crippen LogP contribution in [0.2, 0.25) is 5.02 Å². The van der Waals surface area contributed by atoms with Gasteiger partial charge in [0.1, 0.15) is 5.82 Å². The largest absolute Gasteiger partial charge is 0.312 e. The van der Waals surface area contributed by atoms with Gasteiger partial charge < -0.3 is 10.2 Å². The number of fused-ring (bicyclic) bond motifs is 2. The molecule has 0 spiro atoms. The molecule has 0 aromatic heterocycles. The smallest absolute Gasteiger partial charge is 0.146 e. The third-order valence-electron chi connectivity index (χ3n) is 4.98. The number of rotatable bonds is 4. The lowest BCUT2D eigenvalue weighted by molar-refractivity contribution is 0.133. The summed E-state index contributed by atoms with van der Waals surface area (Å²) in [6.07, 6.45) is 5.25. The Bertz CT molecular complexity index is 466. The molecule has 2 atom stereocenters. The maximum Gasteiger partial charge on any atom is 0.146 e. The number of piperidine rings is 1. The predicted molar refractivity (Wildman–Crippen MR) is 80.4 cm³/mol. The molecule has 0 amide bonds. The molecule has 2 heterocycles. The van der Waals surface area contributed by atoms with Crippen molar-refractivity contribution in [3.8, 4) is 0 Å². The highest BCUT2D eigenvalue weighted by Gasteiger charge is 2.37. The highest BCUT2D eigenvalue weighted by atomic mass is 35.5. The van der Waals surface area contributed by atoms with Crippen LogP contribution in [0.15, 0.2) is 18.2 Å². The second kappa shape index (κ2) is 6.00. The van der Waals surface area contributed by atoms with Crippen LogP contribution in [0.4, 0.5) is 4.39 Å². The standard InChI is InChI=1S/C16H22ClFN2/c1-20-13-5-6-14(20)8-11(7-13)9-19-10-12-3-2-4-15(17)16(12)18/h2-4,11,13-14,19H,5-10H2,1H3. The molecule has 2 saturated heterocycles. The number of benzene rings is 1. The molecule has 3 rings (SSSR count). The third-order valence-corrected chi connectivity index (χ3v) is 5.27. The predicted octanol–water partition coefficient (Wildman–Crippen LogP) is 3.44. The Labute approximate surface area is 125 Å². The molecule has 1 N–H and O–H groups in total. The van der Waals surface area contributed by atoms with Gasteiger partial charge in [-0.05, 0) is 51.3 Å². The van der Waals surface area contributed by atoms with Gasteiger partial charge in [0, 0.05) is 24.2 Å². The molecule has 20 heavy (non-hydrogen) atoms. The Morgan fingerprint density at radius 3 is 2.70 bits per heavy atom. The van der Waals surface area contributed by atoms with Gasteiger partial charge in [0.05, 0.1) is 5.02 Å². The first kappa shape index (κ1) is 14.3. The first-order chi connectivity index (χ1) is 9.65. The van der Waals surface area contributed by atoms with E-state index in [0.29, 0.717) is 12.1 Å². The summed E-state index contributed by atoms with van der Waals surface area (Å²) >= 11 is 5.80. The lowest BCUT2D eigenvalue weighted by atomic mass is 9.91. The van der Waals surface area contributed by atoms with Crippen molar-refractivity contribution in [1.29, 1.82) is 0 Å². The molecule has 0 radical (unpaired) electrons. The van der Waals surface area contributed by atoms with E-state index < -0.39 is 0 Å². The van der Waals surface area contributed by atoms with E-state index in [1.54, 1.807) is 18.2 Å². The second-order valence-corrected chi connectivity index (χ2v) is 6.64. The van der Waals surface area contributed by atoms with Crippen LogP contribution in [0, 0.1) is 11.7 Å². The van der Waals surface area contributed by atoms with Crippen molar-refractivity contribution in [3.63, 3.8) is 0 Å². The number of hydrogen-bond acceptors (Lipinski definition) is 2. The summed E-state index contributed by atoms with van der Waals surface area (Å²) in [4.78, 5) is 2.55. The first-order valence-electron chi connectivity index (χ1n) is 7.50. The van der Waals surface area contributed by atoms with Gasteiger partial charge in [0.15, 0.2) is 0 Å². The van der Waals surface area contributed by atoms with Gasteiger partial charge in [-0.25, -0.2) is 4.39 Å². The van der Waals surface area contributed by atoms with E-state index in [1.165, 1.54) is 25.7 Å².